The summed E-state index contributed by atoms with van der Waals surface area (Å²) in [5.41, 5.74) is 3.15. The number of piperidine rings is 1. The number of hydrogen-bond acceptors (Lipinski definition) is 3. The number of nitrogens with one attached hydrogen (secondary N) is 1. The molecule has 0 amide bonds. The van der Waals surface area contributed by atoms with Crippen molar-refractivity contribution >= 4 is 0 Å². The maximum atomic E-state index is 6.19. The van der Waals surface area contributed by atoms with Crippen LogP contribution in [0, 0.1) is 5.41 Å². The Hall–Kier alpha value is -1.06. The smallest absolute Gasteiger partial charge is 0.119 e. The second-order valence-electron chi connectivity index (χ2n) is 7.62. The van der Waals surface area contributed by atoms with Gasteiger partial charge in [0.2, 0.25) is 0 Å². The van der Waals surface area contributed by atoms with Crippen molar-refractivity contribution in [1.82, 2.24) is 10.2 Å². The van der Waals surface area contributed by atoms with E-state index in [1.165, 1.54) is 30.5 Å². The molecule has 1 atom stereocenters. The average molecular weight is 302 g/mol. The first-order valence-corrected chi connectivity index (χ1v) is 8.75. The molecule has 2 heterocycles. The highest BCUT2D eigenvalue weighted by molar-refractivity contribution is 5.37. The normalized spacial score (nSPS) is 26.0. The van der Waals surface area contributed by atoms with Gasteiger partial charge in [-0.25, -0.2) is 0 Å². The predicted molar refractivity (Wildman–Crippen MR) is 91.4 cm³/mol. The van der Waals surface area contributed by atoms with E-state index in [1.807, 2.05) is 0 Å². The van der Waals surface area contributed by atoms with Crippen LogP contribution in [0.25, 0.3) is 0 Å². The van der Waals surface area contributed by atoms with E-state index in [1.54, 1.807) is 0 Å². The number of nitrogens with zero attached hydrogens (tertiary/aromatic N) is 1. The summed E-state index contributed by atoms with van der Waals surface area (Å²) in [6.45, 7) is 12.2. The summed E-state index contributed by atoms with van der Waals surface area (Å²) >= 11 is 0. The Labute approximate surface area is 135 Å². The molecule has 3 heteroatoms. The first-order chi connectivity index (χ1) is 10.6. The summed E-state index contributed by atoms with van der Waals surface area (Å²) < 4.78 is 6.19. The van der Waals surface area contributed by atoms with Crippen molar-refractivity contribution < 1.29 is 4.74 Å². The van der Waals surface area contributed by atoms with Crippen LogP contribution >= 0.6 is 0 Å². The molecule has 0 spiro atoms. The van der Waals surface area contributed by atoms with Crippen molar-refractivity contribution in [3.8, 4) is 5.75 Å². The SMILES string of the molecule is CC(C)N1CCCC(C)(COc2ccc3c(c2)CNCC3)C1. The molecule has 3 nitrogen and oxygen atoms in total. The molecule has 22 heavy (non-hydrogen) atoms. The van der Waals surface area contributed by atoms with Gasteiger partial charge < -0.3 is 15.0 Å². The van der Waals surface area contributed by atoms with Crippen LogP contribution in [0.4, 0.5) is 0 Å². The summed E-state index contributed by atoms with van der Waals surface area (Å²) in [5, 5.41) is 3.44. The van der Waals surface area contributed by atoms with E-state index in [0.29, 0.717) is 6.04 Å². The highest BCUT2D eigenvalue weighted by Crippen LogP contribution is 2.31. The molecule has 1 unspecified atom stereocenters. The summed E-state index contributed by atoms with van der Waals surface area (Å²) in [5.74, 6) is 1.03. The summed E-state index contributed by atoms with van der Waals surface area (Å²) in [4.78, 5) is 2.59. The van der Waals surface area contributed by atoms with Gasteiger partial charge >= 0.3 is 0 Å². The van der Waals surface area contributed by atoms with E-state index in [2.05, 4.69) is 49.2 Å². The Morgan fingerprint density at radius 1 is 1.32 bits per heavy atom. The van der Waals surface area contributed by atoms with Gasteiger partial charge in [0.25, 0.3) is 0 Å². The molecule has 1 fully saturated rings. The van der Waals surface area contributed by atoms with E-state index < -0.39 is 0 Å². The second kappa shape index (κ2) is 6.59. The molecule has 0 radical (unpaired) electrons. The molecule has 2 aliphatic heterocycles. The van der Waals surface area contributed by atoms with Gasteiger partial charge in [0.05, 0.1) is 6.61 Å². The molecule has 0 aliphatic carbocycles. The Morgan fingerprint density at radius 3 is 3.00 bits per heavy atom. The van der Waals surface area contributed by atoms with Gasteiger partial charge in [-0.3, -0.25) is 0 Å². The minimum Gasteiger partial charge on any atom is -0.493 e. The largest absolute Gasteiger partial charge is 0.493 e. The molecule has 0 bridgehead atoms. The molecule has 1 N–H and O–H groups in total. The van der Waals surface area contributed by atoms with Crippen LogP contribution in [0.1, 0.15) is 44.7 Å². The van der Waals surface area contributed by atoms with Crippen molar-refractivity contribution in [2.24, 2.45) is 5.41 Å². The van der Waals surface area contributed by atoms with Crippen LogP contribution in [0.15, 0.2) is 18.2 Å². The molecular formula is C19H30N2O. The Balaban J connectivity index is 1.61. The van der Waals surface area contributed by atoms with Gasteiger partial charge in [0, 0.05) is 24.5 Å². The molecule has 1 saturated heterocycles. The Bertz CT molecular complexity index is 514. The van der Waals surface area contributed by atoms with Crippen molar-refractivity contribution in [3.05, 3.63) is 29.3 Å². The Morgan fingerprint density at radius 2 is 2.18 bits per heavy atom. The molecule has 0 saturated carbocycles. The fraction of sp³-hybridized carbons (Fsp3) is 0.684. The molecule has 1 aromatic rings. The fourth-order valence-corrected chi connectivity index (χ4v) is 3.72. The lowest BCUT2D eigenvalue weighted by molar-refractivity contribution is 0.0405. The molecule has 3 rings (SSSR count). The van der Waals surface area contributed by atoms with Gasteiger partial charge in [0.15, 0.2) is 0 Å². The van der Waals surface area contributed by atoms with Gasteiger partial charge in [-0.05, 0) is 69.5 Å². The summed E-state index contributed by atoms with van der Waals surface area (Å²) in [6, 6.07) is 7.26. The third-order valence-electron chi connectivity index (χ3n) is 5.19. The van der Waals surface area contributed by atoms with E-state index in [-0.39, 0.29) is 5.41 Å². The average Bonchev–Trinajstić information content (AvgIpc) is 2.53. The van der Waals surface area contributed by atoms with E-state index in [0.717, 1.165) is 38.4 Å². The lowest BCUT2D eigenvalue weighted by Crippen LogP contribution is -2.47. The molecule has 0 aromatic heterocycles. The minimum absolute atomic E-state index is 0.274. The zero-order valence-electron chi connectivity index (χ0n) is 14.3. The van der Waals surface area contributed by atoms with Gasteiger partial charge in [0.1, 0.15) is 5.75 Å². The molecule has 1 aromatic carbocycles. The molecular weight excluding hydrogens is 272 g/mol. The number of benzene rings is 1. The molecule has 122 valence electrons. The Kier molecular flexibility index (Phi) is 4.74. The topological polar surface area (TPSA) is 24.5 Å². The zero-order chi connectivity index (χ0) is 15.6. The van der Waals surface area contributed by atoms with E-state index >= 15 is 0 Å². The first kappa shape index (κ1) is 15.8. The third kappa shape index (κ3) is 3.64. The first-order valence-electron chi connectivity index (χ1n) is 8.75. The van der Waals surface area contributed by atoms with Crippen molar-refractivity contribution in [2.45, 2.75) is 52.6 Å². The van der Waals surface area contributed by atoms with Crippen LogP contribution in [0.5, 0.6) is 5.75 Å². The predicted octanol–water partition coefficient (Wildman–Crippen LogP) is 3.22. The zero-order valence-corrected chi connectivity index (χ0v) is 14.3. The number of hydrogen-bond donors (Lipinski definition) is 1. The summed E-state index contributed by atoms with van der Waals surface area (Å²) in [7, 11) is 0. The maximum absolute atomic E-state index is 6.19. The monoisotopic (exact) mass is 302 g/mol. The maximum Gasteiger partial charge on any atom is 0.119 e. The van der Waals surface area contributed by atoms with Crippen LogP contribution in [-0.4, -0.2) is 37.2 Å². The highest BCUT2D eigenvalue weighted by atomic mass is 16.5. The second-order valence-corrected chi connectivity index (χ2v) is 7.62. The van der Waals surface area contributed by atoms with Crippen molar-refractivity contribution in [1.29, 1.82) is 0 Å². The quantitative estimate of drug-likeness (QED) is 0.924. The molecule has 2 aliphatic rings. The number of fused-ring (bicyclic) bond motifs is 1. The van der Waals surface area contributed by atoms with Gasteiger partial charge in [-0.1, -0.05) is 13.0 Å². The number of rotatable bonds is 4. The minimum atomic E-state index is 0.274. The number of likely N-dealkylation sites (tertiary alicyclic amines) is 1. The number of ether oxygens (including phenoxy) is 1. The van der Waals surface area contributed by atoms with Crippen molar-refractivity contribution in [2.75, 3.05) is 26.2 Å². The highest BCUT2D eigenvalue weighted by Gasteiger charge is 2.32. The van der Waals surface area contributed by atoms with Crippen LogP contribution in [0.3, 0.4) is 0 Å². The van der Waals surface area contributed by atoms with Gasteiger partial charge in [-0.2, -0.15) is 0 Å². The fourth-order valence-electron chi connectivity index (χ4n) is 3.72. The van der Waals surface area contributed by atoms with Gasteiger partial charge in [-0.15, -0.1) is 0 Å². The van der Waals surface area contributed by atoms with Crippen LogP contribution in [-0.2, 0) is 13.0 Å². The lowest BCUT2D eigenvalue weighted by atomic mass is 9.82. The van der Waals surface area contributed by atoms with Crippen LogP contribution < -0.4 is 10.1 Å². The third-order valence-corrected chi connectivity index (χ3v) is 5.19. The van der Waals surface area contributed by atoms with Crippen LogP contribution in [0.2, 0.25) is 0 Å². The summed E-state index contributed by atoms with van der Waals surface area (Å²) in [6.07, 6.45) is 3.69. The van der Waals surface area contributed by atoms with E-state index in [9.17, 15) is 0 Å². The standard InChI is InChI=1S/C19H30N2O/c1-15(2)21-10-4-8-19(3,13-21)14-22-18-6-5-16-7-9-20-12-17(16)11-18/h5-6,11,15,20H,4,7-10,12-14H2,1-3H3. The van der Waals surface area contributed by atoms with Crippen molar-refractivity contribution in [3.63, 3.8) is 0 Å². The lowest BCUT2D eigenvalue weighted by Gasteiger charge is -2.42. The van der Waals surface area contributed by atoms with E-state index in [4.69, 9.17) is 4.74 Å².